The number of rotatable bonds is 3. The summed E-state index contributed by atoms with van der Waals surface area (Å²) in [4.78, 5) is 0. The van der Waals surface area contributed by atoms with E-state index in [-0.39, 0.29) is 23.5 Å². The molecular weight excluding hydrogens is 236 g/mol. The molecular formula is C11H14Cl2FN. The van der Waals surface area contributed by atoms with Gasteiger partial charge in [0.15, 0.2) is 0 Å². The second-order valence-electron chi connectivity index (χ2n) is 3.41. The van der Waals surface area contributed by atoms with Crippen LogP contribution in [-0.4, -0.2) is 0 Å². The predicted molar refractivity (Wildman–Crippen MR) is 65.0 cm³/mol. The van der Waals surface area contributed by atoms with E-state index in [1.54, 1.807) is 12.1 Å². The van der Waals surface area contributed by atoms with Crippen LogP contribution in [0.5, 0.6) is 0 Å². The lowest BCUT2D eigenvalue weighted by atomic mass is 10.0. The van der Waals surface area contributed by atoms with Crippen LogP contribution in [0.3, 0.4) is 0 Å². The monoisotopic (exact) mass is 249 g/mol. The Bertz CT molecular complexity index is 352. The van der Waals surface area contributed by atoms with Gasteiger partial charge in [-0.2, -0.15) is 0 Å². The third-order valence-corrected chi connectivity index (χ3v) is 2.24. The lowest BCUT2D eigenvalue weighted by Crippen LogP contribution is -2.12. The van der Waals surface area contributed by atoms with Crippen molar-refractivity contribution in [3.05, 3.63) is 46.8 Å². The van der Waals surface area contributed by atoms with Crippen LogP contribution in [-0.2, 0) is 0 Å². The summed E-state index contributed by atoms with van der Waals surface area (Å²) in [5.41, 5.74) is 7.18. The Kier molecular flexibility index (Phi) is 5.88. The first-order valence-corrected chi connectivity index (χ1v) is 4.74. The molecule has 0 aliphatic rings. The minimum Gasteiger partial charge on any atom is -0.324 e. The molecule has 0 saturated carbocycles. The first kappa shape index (κ1) is 14.4. The smallest absolute Gasteiger partial charge is 0.146 e. The second-order valence-corrected chi connectivity index (χ2v) is 3.82. The summed E-state index contributed by atoms with van der Waals surface area (Å²) in [6.07, 6.45) is 0.567. The van der Waals surface area contributed by atoms with Crippen molar-refractivity contribution in [2.24, 2.45) is 5.73 Å². The van der Waals surface area contributed by atoms with E-state index in [1.807, 2.05) is 6.92 Å². The largest absolute Gasteiger partial charge is 0.324 e. The molecule has 1 aromatic rings. The van der Waals surface area contributed by atoms with Crippen molar-refractivity contribution in [2.75, 3.05) is 0 Å². The summed E-state index contributed by atoms with van der Waals surface area (Å²) < 4.78 is 13.5. The number of benzene rings is 1. The van der Waals surface area contributed by atoms with Crippen LogP contribution in [0.4, 0.5) is 4.39 Å². The molecule has 2 N–H and O–H groups in total. The number of hydrogen-bond acceptors (Lipinski definition) is 1. The molecule has 0 radical (unpaired) electrons. The first-order chi connectivity index (χ1) is 6.52. The van der Waals surface area contributed by atoms with Crippen LogP contribution in [0.1, 0.15) is 24.9 Å². The molecule has 0 aromatic heterocycles. The van der Waals surface area contributed by atoms with Gasteiger partial charge in [0.1, 0.15) is 5.82 Å². The predicted octanol–water partition coefficient (Wildman–Crippen LogP) is 3.87. The Morgan fingerprint density at radius 1 is 1.60 bits per heavy atom. The highest BCUT2D eigenvalue weighted by molar-refractivity contribution is 6.30. The third-order valence-electron chi connectivity index (χ3n) is 1.95. The molecule has 1 nitrogen and oxygen atoms in total. The van der Waals surface area contributed by atoms with Gasteiger partial charge in [-0.25, -0.2) is 4.39 Å². The minimum atomic E-state index is -0.428. The van der Waals surface area contributed by atoms with Gasteiger partial charge in [0.05, 0.1) is 5.02 Å². The Balaban J connectivity index is 0.00000196. The maximum absolute atomic E-state index is 13.5. The van der Waals surface area contributed by atoms with Crippen molar-refractivity contribution in [2.45, 2.75) is 19.4 Å². The van der Waals surface area contributed by atoms with E-state index in [4.69, 9.17) is 17.3 Å². The minimum absolute atomic E-state index is 0. The summed E-state index contributed by atoms with van der Waals surface area (Å²) in [7, 11) is 0. The van der Waals surface area contributed by atoms with Crippen LogP contribution in [0.2, 0.25) is 5.02 Å². The molecule has 1 aromatic carbocycles. The van der Waals surface area contributed by atoms with Gasteiger partial charge >= 0.3 is 0 Å². The fraction of sp³-hybridized carbons (Fsp3) is 0.273. The summed E-state index contributed by atoms with van der Waals surface area (Å²) in [6, 6.07) is 4.48. The number of hydrogen-bond donors (Lipinski definition) is 1. The Labute approximate surface area is 101 Å². The lowest BCUT2D eigenvalue weighted by Gasteiger charge is -2.13. The molecule has 15 heavy (non-hydrogen) atoms. The molecule has 0 amide bonds. The summed E-state index contributed by atoms with van der Waals surface area (Å²) in [5.74, 6) is -0.428. The highest BCUT2D eigenvalue weighted by Crippen LogP contribution is 2.25. The van der Waals surface area contributed by atoms with E-state index < -0.39 is 5.82 Å². The van der Waals surface area contributed by atoms with Crippen molar-refractivity contribution in [1.29, 1.82) is 0 Å². The standard InChI is InChI=1S/C11H13ClFN.ClH/c1-7(2)6-10(14)8-4-3-5-9(12)11(8)13;/h3-5,10H,1,6,14H2,2H3;1H/t10-;/m0./s1. The molecule has 1 atom stereocenters. The van der Waals surface area contributed by atoms with Gasteiger partial charge in [-0.05, 0) is 19.4 Å². The highest BCUT2D eigenvalue weighted by Gasteiger charge is 2.13. The van der Waals surface area contributed by atoms with Gasteiger partial charge in [0.2, 0.25) is 0 Å². The van der Waals surface area contributed by atoms with E-state index >= 15 is 0 Å². The molecule has 0 bridgehead atoms. The van der Waals surface area contributed by atoms with Crippen LogP contribution in [0, 0.1) is 5.82 Å². The zero-order valence-corrected chi connectivity index (χ0v) is 10.0. The molecule has 0 aliphatic carbocycles. The van der Waals surface area contributed by atoms with Gasteiger partial charge in [-0.3, -0.25) is 0 Å². The van der Waals surface area contributed by atoms with Gasteiger partial charge in [-0.15, -0.1) is 19.0 Å². The van der Waals surface area contributed by atoms with Crippen molar-refractivity contribution < 1.29 is 4.39 Å². The Morgan fingerprint density at radius 2 is 2.20 bits per heavy atom. The van der Waals surface area contributed by atoms with Crippen molar-refractivity contribution in [3.8, 4) is 0 Å². The van der Waals surface area contributed by atoms with E-state index in [1.165, 1.54) is 6.07 Å². The molecule has 0 heterocycles. The fourth-order valence-electron chi connectivity index (χ4n) is 1.29. The van der Waals surface area contributed by atoms with E-state index in [0.717, 1.165) is 5.57 Å². The zero-order valence-electron chi connectivity index (χ0n) is 8.47. The fourth-order valence-corrected chi connectivity index (χ4v) is 1.47. The Hall–Kier alpha value is -0.570. The summed E-state index contributed by atoms with van der Waals surface area (Å²) in [6.45, 7) is 5.60. The number of nitrogens with two attached hydrogens (primary N) is 1. The van der Waals surface area contributed by atoms with Gasteiger partial charge in [0, 0.05) is 11.6 Å². The van der Waals surface area contributed by atoms with Gasteiger partial charge < -0.3 is 5.73 Å². The molecule has 0 saturated heterocycles. The van der Waals surface area contributed by atoms with Gasteiger partial charge in [-0.1, -0.05) is 29.3 Å². The molecule has 84 valence electrons. The normalized spacial score (nSPS) is 11.7. The van der Waals surface area contributed by atoms with Crippen molar-refractivity contribution in [1.82, 2.24) is 0 Å². The zero-order chi connectivity index (χ0) is 10.7. The van der Waals surface area contributed by atoms with Crippen LogP contribution in [0.25, 0.3) is 0 Å². The number of halogens is 3. The summed E-state index contributed by atoms with van der Waals surface area (Å²) in [5, 5.41) is 0.111. The maximum Gasteiger partial charge on any atom is 0.146 e. The van der Waals surface area contributed by atoms with Crippen molar-refractivity contribution in [3.63, 3.8) is 0 Å². The quantitative estimate of drug-likeness (QED) is 0.809. The van der Waals surface area contributed by atoms with Crippen LogP contribution >= 0.6 is 24.0 Å². The first-order valence-electron chi connectivity index (χ1n) is 4.36. The van der Waals surface area contributed by atoms with E-state index in [9.17, 15) is 4.39 Å². The van der Waals surface area contributed by atoms with E-state index in [2.05, 4.69) is 6.58 Å². The average Bonchev–Trinajstić information content (AvgIpc) is 2.08. The second kappa shape index (κ2) is 6.11. The molecule has 4 heteroatoms. The molecule has 1 rings (SSSR count). The average molecular weight is 250 g/mol. The molecule has 0 fully saturated rings. The third kappa shape index (κ3) is 3.82. The van der Waals surface area contributed by atoms with E-state index in [0.29, 0.717) is 12.0 Å². The maximum atomic E-state index is 13.5. The van der Waals surface area contributed by atoms with Gasteiger partial charge in [0.25, 0.3) is 0 Å². The lowest BCUT2D eigenvalue weighted by molar-refractivity contribution is 0.580. The van der Waals surface area contributed by atoms with Crippen LogP contribution < -0.4 is 5.73 Å². The molecule has 0 aliphatic heterocycles. The molecule has 0 spiro atoms. The van der Waals surface area contributed by atoms with Crippen LogP contribution in [0.15, 0.2) is 30.4 Å². The SMILES string of the molecule is C=C(C)C[C@H](N)c1cccc(Cl)c1F.Cl. The topological polar surface area (TPSA) is 26.0 Å². The highest BCUT2D eigenvalue weighted by atomic mass is 35.5. The molecule has 0 unspecified atom stereocenters. The summed E-state index contributed by atoms with van der Waals surface area (Å²) >= 11 is 5.64. The van der Waals surface area contributed by atoms with Crippen molar-refractivity contribution >= 4 is 24.0 Å². The Morgan fingerprint density at radius 3 is 2.73 bits per heavy atom.